The Balaban J connectivity index is 1.36. The van der Waals surface area contributed by atoms with Crippen molar-refractivity contribution in [1.82, 2.24) is 20.4 Å². The van der Waals surface area contributed by atoms with Crippen molar-refractivity contribution in [2.45, 2.75) is 31.7 Å². The van der Waals surface area contributed by atoms with Crippen LogP contribution in [-0.4, -0.2) is 34.7 Å². The summed E-state index contributed by atoms with van der Waals surface area (Å²) in [6, 6.07) is 7.61. The van der Waals surface area contributed by atoms with Crippen LogP contribution in [0.3, 0.4) is 0 Å². The predicted molar refractivity (Wildman–Crippen MR) is 107 cm³/mol. The highest BCUT2D eigenvalue weighted by Gasteiger charge is 2.35. The Labute approximate surface area is 164 Å². The van der Waals surface area contributed by atoms with Crippen LogP contribution in [-0.2, 0) is 16.6 Å². The molecule has 1 aliphatic carbocycles. The van der Waals surface area contributed by atoms with Gasteiger partial charge in [-0.1, -0.05) is 12.1 Å². The molecule has 148 valence electrons. The van der Waals surface area contributed by atoms with Gasteiger partial charge in [-0.2, -0.15) is 5.10 Å². The summed E-state index contributed by atoms with van der Waals surface area (Å²) in [7, 11) is 1.89. The Morgan fingerprint density at radius 2 is 1.93 bits per heavy atom. The van der Waals surface area contributed by atoms with Crippen LogP contribution < -0.4 is 16.0 Å². The zero-order chi connectivity index (χ0) is 19.7. The van der Waals surface area contributed by atoms with Gasteiger partial charge in [-0.3, -0.25) is 14.3 Å². The standard InChI is InChI=1S/C21H27N5O2/c1-13(14-5-7-17(8-6-14)25-20(27)15-3-4-15)24-21(28)19-11-22-10-18(19)16-9-23-26(2)12-16/h5-9,12-13,15,18-19,22H,3-4,10-11H2,1-2H3,(H,24,28)(H,25,27)/t13?,18-,19+/m1/s1. The summed E-state index contributed by atoms with van der Waals surface area (Å²) < 4.78 is 1.77. The lowest BCUT2D eigenvalue weighted by molar-refractivity contribution is -0.125. The van der Waals surface area contributed by atoms with Crippen molar-refractivity contribution in [3.63, 3.8) is 0 Å². The second-order valence-electron chi connectivity index (χ2n) is 7.93. The first-order valence-corrected chi connectivity index (χ1v) is 9.91. The van der Waals surface area contributed by atoms with E-state index in [4.69, 9.17) is 0 Å². The van der Waals surface area contributed by atoms with E-state index in [-0.39, 0.29) is 35.6 Å². The quantitative estimate of drug-likeness (QED) is 0.714. The first-order chi connectivity index (χ1) is 13.5. The first-order valence-electron chi connectivity index (χ1n) is 9.91. The zero-order valence-corrected chi connectivity index (χ0v) is 16.3. The Kier molecular flexibility index (Phi) is 5.17. The maximum Gasteiger partial charge on any atom is 0.227 e. The van der Waals surface area contributed by atoms with Crippen LogP contribution in [0.25, 0.3) is 0 Å². The van der Waals surface area contributed by atoms with Gasteiger partial charge in [-0.25, -0.2) is 0 Å². The minimum atomic E-state index is -0.108. The van der Waals surface area contributed by atoms with E-state index in [0.29, 0.717) is 6.54 Å². The fourth-order valence-corrected chi connectivity index (χ4v) is 3.78. The molecule has 2 heterocycles. The molecule has 0 radical (unpaired) electrons. The van der Waals surface area contributed by atoms with Crippen LogP contribution in [0.4, 0.5) is 5.69 Å². The number of carbonyl (C=O) groups excluding carboxylic acids is 2. The molecular weight excluding hydrogens is 354 g/mol. The highest BCUT2D eigenvalue weighted by Crippen LogP contribution is 2.31. The fraction of sp³-hybridized carbons (Fsp3) is 0.476. The number of anilines is 1. The van der Waals surface area contributed by atoms with E-state index in [2.05, 4.69) is 21.0 Å². The highest BCUT2D eigenvalue weighted by molar-refractivity contribution is 5.94. The molecule has 2 aromatic rings. The van der Waals surface area contributed by atoms with Crippen LogP contribution in [0, 0.1) is 11.8 Å². The summed E-state index contributed by atoms with van der Waals surface area (Å²) in [6.07, 6.45) is 5.80. The van der Waals surface area contributed by atoms with E-state index in [1.165, 1.54) is 0 Å². The molecular formula is C21H27N5O2. The molecule has 1 aromatic carbocycles. The molecule has 3 atom stereocenters. The lowest BCUT2D eigenvalue weighted by Gasteiger charge is -2.21. The average molecular weight is 381 g/mol. The van der Waals surface area contributed by atoms with Gasteiger partial charge >= 0.3 is 0 Å². The molecule has 0 bridgehead atoms. The molecule has 1 aromatic heterocycles. The molecule has 1 aliphatic heterocycles. The number of aryl methyl sites for hydroxylation is 1. The maximum absolute atomic E-state index is 12.9. The van der Waals surface area contributed by atoms with Crippen molar-refractivity contribution in [1.29, 1.82) is 0 Å². The number of carbonyl (C=O) groups is 2. The second kappa shape index (κ2) is 7.75. The van der Waals surface area contributed by atoms with E-state index in [9.17, 15) is 9.59 Å². The van der Waals surface area contributed by atoms with Crippen molar-refractivity contribution in [3.8, 4) is 0 Å². The third-order valence-corrected chi connectivity index (χ3v) is 5.69. The largest absolute Gasteiger partial charge is 0.349 e. The third kappa shape index (κ3) is 4.09. The van der Waals surface area contributed by atoms with Gasteiger partial charge in [-0.15, -0.1) is 0 Å². The van der Waals surface area contributed by atoms with Crippen LogP contribution in [0.1, 0.15) is 42.9 Å². The molecule has 7 nitrogen and oxygen atoms in total. The Bertz CT molecular complexity index is 856. The van der Waals surface area contributed by atoms with E-state index in [1.807, 2.05) is 50.6 Å². The van der Waals surface area contributed by atoms with E-state index in [1.54, 1.807) is 4.68 Å². The van der Waals surface area contributed by atoms with E-state index >= 15 is 0 Å². The third-order valence-electron chi connectivity index (χ3n) is 5.69. The minimum absolute atomic E-state index is 0.0532. The monoisotopic (exact) mass is 381 g/mol. The Morgan fingerprint density at radius 1 is 1.18 bits per heavy atom. The molecule has 2 aliphatic rings. The summed E-state index contributed by atoms with van der Waals surface area (Å²) in [5, 5.41) is 13.6. The number of nitrogens with one attached hydrogen (secondary N) is 3. The van der Waals surface area contributed by atoms with Crippen molar-refractivity contribution < 1.29 is 9.59 Å². The van der Waals surface area contributed by atoms with Crippen LogP contribution in [0.2, 0.25) is 0 Å². The average Bonchev–Trinajstić information content (AvgIpc) is 3.26. The Hall–Kier alpha value is -2.67. The number of hydrogen-bond acceptors (Lipinski definition) is 4. The van der Waals surface area contributed by atoms with Gasteiger partial charge < -0.3 is 16.0 Å². The summed E-state index contributed by atoms with van der Waals surface area (Å²) >= 11 is 0. The maximum atomic E-state index is 12.9. The fourth-order valence-electron chi connectivity index (χ4n) is 3.78. The predicted octanol–water partition coefficient (Wildman–Crippen LogP) is 1.95. The number of aromatic nitrogens is 2. The topological polar surface area (TPSA) is 88.1 Å². The molecule has 1 unspecified atom stereocenters. The minimum Gasteiger partial charge on any atom is -0.349 e. The van der Waals surface area contributed by atoms with Crippen molar-refractivity contribution in [2.24, 2.45) is 18.9 Å². The number of hydrogen-bond donors (Lipinski definition) is 3. The van der Waals surface area contributed by atoms with Crippen molar-refractivity contribution >= 4 is 17.5 Å². The number of amides is 2. The van der Waals surface area contributed by atoms with Crippen molar-refractivity contribution in [2.75, 3.05) is 18.4 Å². The summed E-state index contributed by atoms with van der Waals surface area (Å²) in [6.45, 7) is 3.44. The zero-order valence-electron chi connectivity index (χ0n) is 16.3. The molecule has 2 fully saturated rings. The van der Waals surface area contributed by atoms with Crippen LogP contribution >= 0.6 is 0 Å². The molecule has 7 heteroatoms. The summed E-state index contributed by atoms with van der Waals surface area (Å²) in [5.41, 5.74) is 2.91. The van der Waals surface area contributed by atoms with Gasteiger partial charge in [0.05, 0.1) is 18.2 Å². The number of benzene rings is 1. The molecule has 1 saturated carbocycles. The van der Waals surface area contributed by atoms with Crippen molar-refractivity contribution in [3.05, 3.63) is 47.8 Å². The highest BCUT2D eigenvalue weighted by atomic mass is 16.2. The van der Waals surface area contributed by atoms with Crippen LogP contribution in [0.15, 0.2) is 36.7 Å². The summed E-state index contributed by atoms with van der Waals surface area (Å²) in [5.74, 6) is 0.372. The molecule has 3 N–H and O–H groups in total. The first kappa shape index (κ1) is 18.7. The smallest absolute Gasteiger partial charge is 0.227 e. The van der Waals surface area contributed by atoms with E-state index < -0.39 is 0 Å². The van der Waals surface area contributed by atoms with Gasteiger partial charge in [0.15, 0.2) is 0 Å². The van der Waals surface area contributed by atoms with Crippen LogP contribution in [0.5, 0.6) is 0 Å². The lowest BCUT2D eigenvalue weighted by Crippen LogP contribution is -2.36. The molecule has 4 rings (SSSR count). The van der Waals surface area contributed by atoms with Gasteiger partial charge in [0.2, 0.25) is 11.8 Å². The Morgan fingerprint density at radius 3 is 2.57 bits per heavy atom. The lowest BCUT2D eigenvalue weighted by atomic mass is 9.90. The van der Waals surface area contributed by atoms with Gasteiger partial charge in [0.25, 0.3) is 0 Å². The normalized spacial score (nSPS) is 22.6. The van der Waals surface area contributed by atoms with Gasteiger partial charge in [-0.05, 0) is 43.0 Å². The second-order valence-corrected chi connectivity index (χ2v) is 7.93. The SMILES string of the molecule is CC(NC(=O)[C@H]1CNC[C@@H]1c1cnn(C)c1)c1ccc(NC(=O)C2CC2)cc1. The van der Waals surface area contributed by atoms with Gasteiger partial charge in [0, 0.05) is 43.9 Å². The molecule has 28 heavy (non-hydrogen) atoms. The molecule has 0 spiro atoms. The van der Waals surface area contributed by atoms with E-state index in [0.717, 1.165) is 36.2 Å². The molecule has 1 saturated heterocycles. The number of nitrogens with zero attached hydrogens (tertiary/aromatic N) is 2. The van der Waals surface area contributed by atoms with Gasteiger partial charge in [0.1, 0.15) is 0 Å². The number of rotatable bonds is 6. The summed E-state index contributed by atoms with van der Waals surface area (Å²) in [4.78, 5) is 24.7. The molecule has 2 amide bonds.